The summed E-state index contributed by atoms with van der Waals surface area (Å²) in [6.45, 7) is 11.6. The highest BCUT2D eigenvalue weighted by atomic mass is 16.7. The number of carbonyl (C=O) groups is 1. The molecule has 0 aliphatic heterocycles. The van der Waals surface area contributed by atoms with Crippen LogP contribution in [0.25, 0.3) is 0 Å². The second-order valence-corrected chi connectivity index (χ2v) is 5.22. The highest BCUT2D eigenvalue weighted by Crippen LogP contribution is 2.16. The van der Waals surface area contributed by atoms with Crippen molar-refractivity contribution >= 4 is 5.97 Å². The number of methoxy groups -OCH3 is 2. The molecule has 0 amide bonds. The van der Waals surface area contributed by atoms with E-state index in [1.165, 1.54) is 7.11 Å². The van der Waals surface area contributed by atoms with Crippen molar-refractivity contribution in [3.05, 3.63) is 25.3 Å². The molecule has 0 bridgehead atoms. The molecule has 0 aliphatic carbocycles. The monoisotopic (exact) mass is 299 g/mol. The van der Waals surface area contributed by atoms with Crippen LogP contribution >= 0.6 is 0 Å². The molecule has 0 heterocycles. The van der Waals surface area contributed by atoms with E-state index in [-0.39, 0.29) is 12.1 Å². The first-order valence-electron chi connectivity index (χ1n) is 7.16. The molecule has 0 saturated carbocycles. The average molecular weight is 299 g/mol. The molecular formula is C16H29NO4. The molecule has 0 radical (unpaired) electrons. The van der Waals surface area contributed by atoms with Gasteiger partial charge in [-0.05, 0) is 33.1 Å². The van der Waals surface area contributed by atoms with Crippen molar-refractivity contribution in [2.24, 2.45) is 0 Å². The summed E-state index contributed by atoms with van der Waals surface area (Å²) in [5.41, 5.74) is 0. The van der Waals surface area contributed by atoms with Crippen LogP contribution in [0.3, 0.4) is 0 Å². The summed E-state index contributed by atoms with van der Waals surface area (Å²) >= 11 is 0. The van der Waals surface area contributed by atoms with Gasteiger partial charge in [0.05, 0.1) is 13.2 Å². The minimum Gasteiger partial charge on any atom is -0.468 e. The van der Waals surface area contributed by atoms with Gasteiger partial charge >= 0.3 is 5.97 Å². The number of allylic oxidation sites excluding steroid dienone is 1. The Labute approximate surface area is 128 Å². The molecular weight excluding hydrogens is 270 g/mol. The predicted octanol–water partition coefficient (Wildman–Crippen LogP) is 2.43. The Morgan fingerprint density at radius 2 is 1.95 bits per heavy atom. The minimum absolute atomic E-state index is 0.0880. The van der Waals surface area contributed by atoms with Crippen LogP contribution < -0.4 is 5.32 Å². The summed E-state index contributed by atoms with van der Waals surface area (Å²) in [5.74, 6) is -0.976. The minimum atomic E-state index is -0.674. The van der Waals surface area contributed by atoms with Gasteiger partial charge in [-0.3, -0.25) is 4.79 Å². The first-order valence-corrected chi connectivity index (χ1v) is 7.16. The van der Waals surface area contributed by atoms with Crippen molar-refractivity contribution in [3.63, 3.8) is 0 Å². The number of hydrogen-bond acceptors (Lipinski definition) is 5. The van der Waals surface area contributed by atoms with Crippen molar-refractivity contribution < 1.29 is 19.0 Å². The fourth-order valence-electron chi connectivity index (χ4n) is 1.80. The Balaban J connectivity index is 4.59. The molecule has 0 aromatic rings. The maximum absolute atomic E-state index is 11.7. The summed E-state index contributed by atoms with van der Waals surface area (Å²) in [6.07, 6.45) is 5.58. The maximum atomic E-state index is 11.7. The predicted molar refractivity (Wildman–Crippen MR) is 84.0 cm³/mol. The first-order chi connectivity index (χ1) is 9.90. The van der Waals surface area contributed by atoms with Gasteiger partial charge in [0, 0.05) is 13.7 Å². The van der Waals surface area contributed by atoms with Gasteiger partial charge in [0.15, 0.2) is 5.79 Å². The third-order valence-corrected chi connectivity index (χ3v) is 3.11. The number of esters is 1. The number of nitrogens with one attached hydrogen (secondary N) is 1. The van der Waals surface area contributed by atoms with Crippen molar-refractivity contribution in [2.45, 2.75) is 51.0 Å². The van der Waals surface area contributed by atoms with Crippen molar-refractivity contribution in [1.82, 2.24) is 5.32 Å². The molecule has 0 spiro atoms. The zero-order valence-corrected chi connectivity index (χ0v) is 13.7. The van der Waals surface area contributed by atoms with Crippen LogP contribution in [0, 0.1) is 0 Å². The summed E-state index contributed by atoms with van der Waals surface area (Å²) in [6, 6.07) is -0.409. The van der Waals surface area contributed by atoms with E-state index >= 15 is 0 Å². The van der Waals surface area contributed by atoms with E-state index in [9.17, 15) is 4.79 Å². The largest absolute Gasteiger partial charge is 0.468 e. The van der Waals surface area contributed by atoms with Crippen molar-refractivity contribution in [2.75, 3.05) is 20.8 Å². The van der Waals surface area contributed by atoms with E-state index in [0.29, 0.717) is 13.0 Å². The Morgan fingerprint density at radius 3 is 2.43 bits per heavy atom. The molecule has 0 saturated heterocycles. The van der Waals surface area contributed by atoms with Gasteiger partial charge in [0.25, 0.3) is 0 Å². The Hall–Kier alpha value is -1.17. The van der Waals surface area contributed by atoms with E-state index in [1.807, 2.05) is 19.9 Å². The molecule has 0 aliphatic rings. The molecule has 21 heavy (non-hydrogen) atoms. The fraction of sp³-hybridized carbons (Fsp3) is 0.688. The number of ether oxygens (including phenoxy) is 3. The molecule has 1 N–H and O–H groups in total. The smallest absolute Gasteiger partial charge is 0.323 e. The summed E-state index contributed by atoms with van der Waals surface area (Å²) < 4.78 is 16.0. The zero-order chi connectivity index (χ0) is 16.3. The summed E-state index contributed by atoms with van der Waals surface area (Å²) in [7, 11) is 2.98. The second kappa shape index (κ2) is 10.5. The van der Waals surface area contributed by atoms with E-state index in [0.717, 1.165) is 12.8 Å². The Morgan fingerprint density at radius 1 is 1.29 bits per heavy atom. The van der Waals surface area contributed by atoms with E-state index in [2.05, 4.69) is 18.5 Å². The lowest BCUT2D eigenvalue weighted by Gasteiger charge is -2.30. The van der Waals surface area contributed by atoms with Gasteiger partial charge in [-0.2, -0.15) is 0 Å². The van der Waals surface area contributed by atoms with Crippen LogP contribution in [0.1, 0.15) is 33.1 Å². The van der Waals surface area contributed by atoms with E-state index < -0.39 is 11.8 Å². The van der Waals surface area contributed by atoms with Crippen molar-refractivity contribution in [1.29, 1.82) is 0 Å². The number of rotatable bonds is 12. The lowest BCUT2D eigenvalue weighted by Crippen LogP contribution is -2.44. The molecule has 0 aromatic carbocycles. The quantitative estimate of drug-likeness (QED) is 0.341. The molecule has 0 rings (SSSR count). The van der Waals surface area contributed by atoms with E-state index in [1.54, 1.807) is 13.2 Å². The maximum Gasteiger partial charge on any atom is 0.323 e. The summed E-state index contributed by atoms with van der Waals surface area (Å²) in [4.78, 5) is 11.7. The molecule has 5 nitrogen and oxygen atoms in total. The van der Waals surface area contributed by atoms with Gasteiger partial charge < -0.3 is 19.5 Å². The number of hydrogen-bond donors (Lipinski definition) is 1. The van der Waals surface area contributed by atoms with Crippen LogP contribution in [0.2, 0.25) is 0 Å². The zero-order valence-electron chi connectivity index (χ0n) is 13.7. The number of carbonyl (C=O) groups excluding carboxylic acids is 1. The SMILES string of the molecule is C=CCC[C@@H](CN[C@@H](CC=C)C(=O)OC)OC(C)(C)OC. The third-order valence-electron chi connectivity index (χ3n) is 3.11. The Kier molecular flexibility index (Phi) is 9.95. The van der Waals surface area contributed by atoms with Gasteiger partial charge in [0.1, 0.15) is 6.04 Å². The lowest BCUT2D eigenvalue weighted by atomic mass is 10.1. The molecule has 122 valence electrons. The van der Waals surface area contributed by atoms with Crippen LogP contribution in [-0.4, -0.2) is 44.7 Å². The standard InChI is InChI=1S/C16H29NO4/c1-7-9-11-13(21-16(3,4)20-6)12-17-14(10-8-2)15(18)19-5/h7-8,13-14,17H,1-2,9-12H2,3-6H3/t13-,14-/m0/s1. The fourth-order valence-corrected chi connectivity index (χ4v) is 1.80. The van der Waals surface area contributed by atoms with Crippen molar-refractivity contribution in [3.8, 4) is 0 Å². The highest BCUT2D eigenvalue weighted by Gasteiger charge is 2.24. The van der Waals surface area contributed by atoms with Gasteiger partial charge in [0.2, 0.25) is 0 Å². The average Bonchev–Trinajstić information content (AvgIpc) is 2.47. The second-order valence-electron chi connectivity index (χ2n) is 5.22. The van der Waals surface area contributed by atoms with Crippen LogP contribution in [0.15, 0.2) is 25.3 Å². The topological polar surface area (TPSA) is 56.8 Å². The molecule has 0 unspecified atom stereocenters. The highest BCUT2D eigenvalue weighted by molar-refractivity contribution is 5.75. The van der Waals surface area contributed by atoms with Crippen LogP contribution in [0.4, 0.5) is 0 Å². The normalized spacial score (nSPS) is 14.3. The Bertz CT molecular complexity index is 328. The van der Waals surface area contributed by atoms with Crippen LogP contribution in [-0.2, 0) is 19.0 Å². The van der Waals surface area contributed by atoms with Gasteiger partial charge in [-0.1, -0.05) is 12.2 Å². The third kappa shape index (κ3) is 8.65. The first kappa shape index (κ1) is 19.8. The van der Waals surface area contributed by atoms with Crippen LogP contribution in [0.5, 0.6) is 0 Å². The van der Waals surface area contributed by atoms with E-state index in [4.69, 9.17) is 14.2 Å². The molecule has 0 aromatic heterocycles. The van der Waals surface area contributed by atoms with Gasteiger partial charge in [-0.25, -0.2) is 0 Å². The van der Waals surface area contributed by atoms with Gasteiger partial charge in [-0.15, -0.1) is 13.2 Å². The molecule has 2 atom stereocenters. The molecule has 5 heteroatoms. The summed E-state index contributed by atoms with van der Waals surface area (Å²) in [5, 5.41) is 3.17. The lowest BCUT2D eigenvalue weighted by molar-refractivity contribution is -0.223. The molecule has 0 fully saturated rings.